The number of halogens is 4. The SMILES string of the molecule is Cc1cc(OC(F)(F)F)cc(N)c1F. The van der Waals surface area contributed by atoms with E-state index in [1.54, 1.807) is 0 Å². The summed E-state index contributed by atoms with van der Waals surface area (Å²) in [4.78, 5) is 0. The Bertz CT molecular complexity index is 325. The van der Waals surface area contributed by atoms with Gasteiger partial charge in [0.2, 0.25) is 0 Å². The minimum Gasteiger partial charge on any atom is -0.406 e. The number of alkyl halides is 3. The molecule has 0 saturated heterocycles. The van der Waals surface area contributed by atoms with Gasteiger partial charge in [-0.15, -0.1) is 13.2 Å². The van der Waals surface area contributed by atoms with E-state index in [0.29, 0.717) is 0 Å². The first-order valence-corrected chi connectivity index (χ1v) is 3.61. The Balaban J connectivity index is 3.02. The highest BCUT2D eigenvalue weighted by Gasteiger charge is 2.31. The molecule has 0 saturated carbocycles. The Labute approximate surface area is 77.3 Å². The molecule has 6 heteroatoms. The largest absolute Gasteiger partial charge is 0.573 e. The molecular weight excluding hydrogens is 202 g/mol. The number of ether oxygens (including phenoxy) is 1. The van der Waals surface area contributed by atoms with Crippen molar-refractivity contribution in [2.24, 2.45) is 0 Å². The number of aryl methyl sites for hydroxylation is 1. The second-order valence-electron chi connectivity index (χ2n) is 2.69. The number of anilines is 1. The van der Waals surface area contributed by atoms with Crippen molar-refractivity contribution in [2.45, 2.75) is 13.3 Å². The minimum atomic E-state index is -4.79. The number of nitrogens with two attached hydrogens (primary N) is 1. The van der Waals surface area contributed by atoms with Crippen LogP contribution in [-0.2, 0) is 0 Å². The van der Waals surface area contributed by atoms with E-state index in [4.69, 9.17) is 5.73 Å². The third-order valence-electron chi connectivity index (χ3n) is 1.49. The van der Waals surface area contributed by atoms with Gasteiger partial charge in [-0.3, -0.25) is 0 Å². The van der Waals surface area contributed by atoms with Crippen LogP contribution < -0.4 is 10.5 Å². The van der Waals surface area contributed by atoms with Gasteiger partial charge in [-0.1, -0.05) is 0 Å². The third-order valence-corrected chi connectivity index (χ3v) is 1.49. The van der Waals surface area contributed by atoms with Gasteiger partial charge in [0.05, 0.1) is 5.69 Å². The van der Waals surface area contributed by atoms with Gasteiger partial charge in [0.15, 0.2) is 0 Å². The molecule has 0 atom stereocenters. The minimum absolute atomic E-state index is 0.00394. The zero-order valence-corrected chi connectivity index (χ0v) is 7.15. The fourth-order valence-corrected chi connectivity index (χ4v) is 0.955. The summed E-state index contributed by atoms with van der Waals surface area (Å²) in [5.74, 6) is -1.26. The number of rotatable bonds is 1. The molecule has 0 spiro atoms. The Morgan fingerprint density at radius 3 is 2.29 bits per heavy atom. The van der Waals surface area contributed by atoms with Crippen LogP contribution in [0.25, 0.3) is 0 Å². The van der Waals surface area contributed by atoms with Gasteiger partial charge in [-0.05, 0) is 18.6 Å². The summed E-state index contributed by atoms with van der Waals surface area (Å²) in [5, 5.41) is 0. The van der Waals surface area contributed by atoms with Crippen LogP contribution >= 0.6 is 0 Å². The van der Waals surface area contributed by atoms with Gasteiger partial charge in [-0.2, -0.15) is 0 Å². The Morgan fingerprint density at radius 2 is 1.86 bits per heavy atom. The van der Waals surface area contributed by atoms with E-state index in [1.165, 1.54) is 6.92 Å². The molecule has 0 bridgehead atoms. The number of hydrogen-bond acceptors (Lipinski definition) is 2. The summed E-state index contributed by atoms with van der Waals surface area (Å²) in [7, 11) is 0. The zero-order chi connectivity index (χ0) is 10.9. The van der Waals surface area contributed by atoms with Crippen molar-refractivity contribution in [3.05, 3.63) is 23.5 Å². The van der Waals surface area contributed by atoms with Crippen LogP contribution in [0.15, 0.2) is 12.1 Å². The Hall–Kier alpha value is -1.46. The van der Waals surface area contributed by atoms with Gasteiger partial charge in [0.1, 0.15) is 11.6 Å². The number of nitrogen functional groups attached to an aromatic ring is 1. The molecule has 2 nitrogen and oxygen atoms in total. The highest BCUT2D eigenvalue weighted by atomic mass is 19.4. The molecule has 1 rings (SSSR count). The normalized spacial score (nSPS) is 11.5. The third kappa shape index (κ3) is 2.51. The second kappa shape index (κ2) is 3.36. The van der Waals surface area contributed by atoms with Crippen molar-refractivity contribution in [3.63, 3.8) is 0 Å². The van der Waals surface area contributed by atoms with E-state index in [0.717, 1.165) is 12.1 Å². The fraction of sp³-hybridized carbons (Fsp3) is 0.250. The van der Waals surface area contributed by atoms with E-state index in [9.17, 15) is 17.6 Å². The van der Waals surface area contributed by atoms with Gasteiger partial charge < -0.3 is 10.5 Å². The maximum Gasteiger partial charge on any atom is 0.573 e. The molecule has 0 aliphatic carbocycles. The average Bonchev–Trinajstić information content (AvgIpc) is 1.96. The van der Waals surface area contributed by atoms with Crippen LogP contribution in [0.4, 0.5) is 23.2 Å². The first kappa shape index (κ1) is 10.6. The van der Waals surface area contributed by atoms with Gasteiger partial charge in [-0.25, -0.2) is 4.39 Å². The first-order chi connectivity index (χ1) is 6.29. The summed E-state index contributed by atoms with van der Waals surface area (Å²) in [6, 6.07) is 1.72. The van der Waals surface area contributed by atoms with E-state index in [2.05, 4.69) is 4.74 Å². The van der Waals surface area contributed by atoms with Crippen molar-refractivity contribution in [1.29, 1.82) is 0 Å². The summed E-state index contributed by atoms with van der Waals surface area (Å²) in [6.45, 7) is 1.30. The van der Waals surface area contributed by atoms with Crippen LogP contribution in [0.2, 0.25) is 0 Å². The molecule has 2 N–H and O–H groups in total. The second-order valence-corrected chi connectivity index (χ2v) is 2.69. The smallest absolute Gasteiger partial charge is 0.406 e. The van der Waals surface area contributed by atoms with E-state index in [-0.39, 0.29) is 11.3 Å². The maximum absolute atomic E-state index is 12.9. The monoisotopic (exact) mass is 209 g/mol. The number of benzene rings is 1. The molecule has 14 heavy (non-hydrogen) atoms. The van der Waals surface area contributed by atoms with E-state index < -0.39 is 17.9 Å². The molecule has 0 unspecified atom stereocenters. The molecule has 78 valence electrons. The van der Waals surface area contributed by atoms with E-state index in [1.807, 2.05) is 0 Å². The molecule has 0 aliphatic heterocycles. The van der Waals surface area contributed by atoms with Gasteiger partial charge >= 0.3 is 6.36 Å². The Kier molecular flexibility index (Phi) is 2.55. The number of hydrogen-bond donors (Lipinski definition) is 1. The summed E-state index contributed by atoms with van der Waals surface area (Å²) in [5.41, 5.74) is 4.75. The van der Waals surface area contributed by atoms with Gasteiger partial charge in [0, 0.05) is 6.07 Å². The van der Waals surface area contributed by atoms with Crippen LogP contribution in [0.1, 0.15) is 5.56 Å². The summed E-state index contributed by atoms with van der Waals surface area (Å²) < 4.78 is 51.7. The summed E-state index contributed by atoms with van der Waals surface area (Å²) in [6.07, 6.45) is -4.79. The molecule has 1 aromatic rings. The first-order valence-electron chi connectivity index (χ1n) is 3.61. The quantitative estimate of drug-likeness (QED) is 0.570. The van der Waals surface area contributed by atoms with Crippen molar-refractivity contribution in [3.8, 4) is 5.75 Å². The lowest BCUT2D eigenvalue weighted by atomic mass is 10.2. The zero-order valence-electron chi connectivity index (χ0n) is 7.15. The Morgan fingerprint density at radius 1 is 1.29 bits per heavy atom. The molecular formula is C8H7F4NO. The molecule has 0 amide bonds. The molecule has 0 radical (unpaired) electrons. The molecule has 0 aromatic heterocycles. The molecule has 1 aromatic carbocycles. The summed E-state index contributed by atoms with van der Waals surface area (Å²) >= 11 is 0. The topological polar surface area (TPSA) is 35.2 Å². The molecule has 0 fully saturated rings. The van der Waals surface area contributed by atoms with Crippen LogP contribution in [0.3, 0.4) is 0 Å². The van der Waals surface area contributed by atoms with Crippen LogP contribution in [0, 0.1) is 12.7 Å². The van der Waals surface area contributed by atoms with Crippen molar-refractivity contribution in [2.75, 3.05) is 5.73 Å². The molecule has 0 aliphatic rings. The highest BCUT2D eigenvalue weighted by molar-refractivity contribution is 5.48. The van der Waals surface area contributed by atoms with Crippen LogP contribution in [-0.4, -0.2) is 6.36 Å². The molecule has 0 heterocycles. The van der Waals surface area contributed by atoms with Crippen molar-refractivity contribution < 1.29 is 22.3 Å². The fourth-order valence-electron chi connectivity index (χ4n) is 0.955. The van der Waals surface area contributed by atoms with Crippen molar-refractivity contribution in [1.82, 2.24) is 0 Å². The van der Waals surface area contributed by atoms with Crippen LogP contribution in [0.5, 0.6) is 5.75 Å². The van der Waals surface area contributed by atoms with E-state index >= 15 is 0 Å². The predicted molar refractivity (Wildman–Crippen MR) is 42.2 cm³/mol. The lowest BCUT2D eigenvalue weighted by Crippen LogP contribution is -2.17. The maximum atomic E-state index is 12.9. The lowest BCUT2D eigenvalue weighted by molar-refractivity contribution is -0.274. The predicted octanol–water partition coefficient (Wildman–Crippen LogP) is 2.61. The lowest BCUT2D eigenvalue weighted by Gasteiger charge is -2.10. The van der Waals surface area contributed by atoms with Crippen molar-refractivity contribution >= 4 is 5.69 Å². The highest BCUT2D eigenvalue weighted by Crippen LogP contribution is 2.27. The average molecular weight is 209 g/mol. The van der Waals surface area contributed by atoms with Gasteiger partial charge in [0.25, 0.3) is 0 Å². The standard InChI is InChI=1S/C8H7F4NO/c1-4-2-5(14-8(10,11)12)3-6(13)7(4)9/h2-3H,13H2,1H3.